The largest absolute Gasteiger partial charge is 0.338 e. The molecule has 0 radical (unpaired) electrons. The minimum Gasteiger partial charge on any atom is -0.338 e. The van der Waals surface area contributed by atoms with Crippen LogP contribution in [-0.4, -0.2) is 19.1 Å². The summed E-state index contributed by atoms with van der Waals surface area (Å²) in [5, 5.41) is 6.13. The van der Waals surface area contributed by atoms with Crippen LogP contribution in [-0.2, 0) is 0 Å². The van der Waals surface area contributed by atoms with Crippen molar-refractivity contribution in [2.24, 2.45) is 23.2 Å². The molecule has 0 aromatic rings. The molecule has 3 aliphatic carbocycles. The van der Waals surface area contributed by atoms with E-state index in [1.54, 1.807) is 0 Å². The average molecular weight is 292 g/mol. The van der Waals surface area contributed by atoms with Gasteiger partial charge in [-0.25, -0.2) is 4.79 Å². The van der Waals surface area contributed by atoms with Gasteiger partial charge in [-0.15, -0.1) is 0 Å². The Bertz CT molecular complexity index is 356. The van der Waals surface area contributed by atoms with Crippen LogP contribution < -0.4 is 10.6 Å². The monoisotopic (exact) mass is 292 g/mol. The minimum absolute atomic E-state index is 0.0467. The smallest absolute Gasteiger partial charge is 0.314 e. The van der Waals surface area contributed by atoms with Gasteiger partial charge in [0.25, 0.3) is 0 Å². The molecule has 2 amide bonds. The van der Waals surface area contributed by atoms with Crippen LogP contribution in [0.3, 0.4) is 0 Å². The van der Waals surface area contributed by atoms with Crippen molar-refractivity contribution in [3.63, 3.8) is 0 Å². The normalized spacial score (nSPS) is 31.3. The topological polar surface area (TPSA) is 41.1 Å². The number of carbonyl (C=O) groups is 1. The number of carbonyl (C=O) groups excluding carboxylic acids is 1. The molecule has 0 heterocycles. The van der Waals surface area contributed by atoms with Gasteiger partial charge in [-0.1, -0.05) is 32.6 Å². The Kier molecular flexibility index (Phi) is 4.75. The Morgan fingerprint density at radius 1 is 1.10 bits per heavy atom. The predicted molar refractivity (Wildman–Crippen MR) is 86.1 cm³/mol. The molecule has 0 aliphatic heterocycles. The minimum atomic E-state index is 0.0467. The number of urea groups is 1. The molecule has 2 N–H and O–H groups in total. The Morgan fingerprint density at radius 2 is 1.86 bits per heavy atom. The molecular formula is C18H32N2O. The van der Waals surface area contributed by atoms with Crippen molar-refractivity contribution in [1.29, 1.82) is 0 Å². The van der Waals surface area contributed by atoms with Crippen molar-refractivity contribution in [3.8, 4) is 0 Å². The van der Waals surface area contributed by atoms with Crippen LogP contribution in [0.4, 0.5) is 4.79 Å². The van der Waals surface area contributed by atoms with Gasteiger partial charge in [0.1, 0.15) is 0 Å². The van der Waals surface area contributed by atoms with E-state index in [0.717, 1.165) is 30.3 Å². The van der Waals surface area contributed by atoms with Gasteiger partial charge in [-0.3, -0.25) is 0 Å². The quantitative estimate of drug-likeness (QED) is 0.787. The van der Waals surface area contributed by atoms with Gasteiger partial charge in [-0.05, 0) is 61.7 Å². The van der Waals surface area contributed by atoms with Crippen molar-refractivity contribution in [2.75, 3.05) is 13.1 Å². The summed E-state index contributed by atoms with van der Waals surface area (Å²) in [6, 6.07) is 0.0467. The fourth-order valence-corrected chi connectivity index (χ4v) is 4.83. The number of hydrogen-bond acceptors (Lipinski definition) is 1. The zero-order chi connectivity index (χ0) is 14.7. The molecular weight excluding hydrogens is 260 g/mol. The standard InChI is InChI=1S/C18H32N2O/c1-14-5-2-3-6-16(14)13-20-17(21)19-10-7-15-11-18(12-15)8-4-9-18/h14-16H,2-13H2,1H3,(H2,19,20,21). The van der Waals surface area contributed by atoms with E-state index in [1.165, 1.54) is 64.2 Å². The van der Waals surface area contributed by atoms with Crippen molar-refractivity contribution in [3.05, 3.63) is 0 Å². The maximum absolute atomic E-state index is 11.9. The number of amides is 2. The van der Waals surface area contributed by atoms with Gasteiger partial charge in [0, 0.05) is 13.1 Å². The molecule has 3 rings (SSSR count). The maximum Gasteiger partial charge on any atom is 0.314 e. The van der Waals surface area contributed by atoms with Crippen LogP contribution in [0.15, 0.2) is 0 Å². The van der Waals surface area contributed by atoms with Gasteiger partial charge in [-0.2, -0.15) is 0 Å². The third kappa shape index (κ3) is 3.73. The molecule has 0 aromatic carbocycles. The van der Waals surface area contributed by atoms with Gasteiger partial charge in [0.15, 0.2) is 0 Å². The molecule has 21 heavy (non-hydrogen) atoms. The second kappa shape index (κ2) is 6.58. The van der Waals surface area contributed by atoms with Crippen molar-refractivity contribution >= 4 is 6.03 Å². The summed E-state index contributed by atoms with van der Waals surface area (Å²) in [5.74, 6) is 2.34. The van der Waals surface area contributed by atoms with Crippen molar-refractivity contribution in [1.82, 2.24) is 10.6 Å². The van der Waals surface area contributed by atoms with Crippen LogP contribution in [0.5, 0.6) is 0 Å². The fraction of sp³-hybridized carbons (Fsp3) is 0.944. The Hall–Kier alpha value is -0.730. The lowest BCUT2D eigenvalue weighted by Gasteiger charge is -2.54. The molecule has 0 aromatic heterocycles. The highest BCUT2D eigenvalue weighted by molar-refractivity contribution is 5.73. The SMILES string of the molecule is CC1CCCCC1CNC(=O)NCCC1CC2(CCC2)C1. The number of nitrogens with one attached hydrogen (secondary N) is 2. The van der Waals surface area contributed by atoms with E-state index in [-0.39, 0.29) is 6.03 Å². The Labute approximate surface area is 129 Å². The first kappa shape index (κ1) is 15.2. The average Bonchev–Trinajstić information content (AvgIpc) is 2.38. The predicted octanol–water partition coefficient (Wildman–Crippen LogP) is 4.08. The lowest BCUT2D eigenvalue weighted by Crippen LogP contribution is -2.45. The first-order valence-electron chi connectivity index (χ1n) is 9.19. The van der Waals surface area contributed by atoms with Gasteiger partial charge < -0.3 is 10.6 Å². The van der Waals surface area contributed by atoms with Gasteiger partial charge >= 0.3 is 6.03 Å². The van der Waals surface area contributed by atoms with E-state index < -0.39 is 0 Å². The summed E-state index contributed by atoms with van der Waals surface area (Å²) in [4.78, 5) is 11.9. The fourth-order valence-electron chi connectivity index (χ4n) is 4.83. The van der Waals surface area contributed by atoms with Gasteiger partial charge in [0.05, 0.1) is 0 Å². The molecule has 2 atom stereocenters. The van der Waals surface area contributed by atoms with Crippen LogP contribution >= 0.6 is 0 Å². The van der Waals surface area contributed by atoms with E-state index in [4.69, 9.17) is 0 Å². The molecule has 3 saturated carbocycles. The molecule has 3 heteroatoms. The molecule has 0 bridgehead atoms. The third-order valence-electron chi connectivity index (χ3n) is 6.51. The highest BCUT2D eigenvalue weighted by Crippen LogP contribution is 2.59. The molecule has 1 spiro atoms. The zero-order valence-corrected chi connectivity index (χ0v) is 13.6. The third-order valence-corrected chi connectivity index (χ3v) is 6.51. The van der Waals surface area contributed by atoms with Crippen LogP contribution in [0.25, 0.3) is 0 Å². The summed E-state index contributed by atoms with van der Waals surface area (Å²) in [6.07, 6.45) is 13.7. The Morgan fingerprint density at radius 3 is 2.52 bits per heavy atom. The van der Waals surface area contributed by atoms with E-state index in [2.05, 4.69) is 17.6 Å². The Balaban J connectivity index is 1.23. The van der Waals surface area contributed by atoms with Crippen LogP contribution in [0.2, 0.25) is 0 Å². The van der Waals surface area contributed by atoms with Crippen molar-refractivity contribution in [2.45, 2.75) is 71.1 Å². The highest BCUT2D eigenvalue weighted by atomic mass is 16.2. The lowest BCUT2D eigenvalue weighted by molar-refractivity contribution is -0.0270. The first-order valence-corrected chi connectivity index (χ1v) is 9.19. The molecule has 3 fully saturated rings. The highest BCUT2D eigenvalue weighted by Gasteiger charge is 2.47. The zero-order valence-electron chi connectivity index (χ0n) is 13.6. The number of hydrogen-bond donors (Lipinski definition) is 2. The van der Waals surface area contributed by atoms with Crippen molar-refractivity contribution < 1.29 is 4.79 Å². The molecule has 2 unspecified atom stereocenters. The van der Waals surface area contributed by atoms with Crippen LogP contribution in [0, 0.1) is 23.2 Å². The summed E-state index contributed by atoms with van der Waals surface area (Å²) < 4.78 is 0. The molecule has 3 aliphatic rings. The second-order valence-electron chi connectivity index (χ2n) is 8.08. The van der Waals surface area contributed by atoms with E-state index >= 15 is 0 Å². The number of rotatable bonds is 5. The lowest BCUT2D eigenvalue weighted by atomic mass is 9.51. The summed E-state index contributed by atoms with van der Waals surface area (Å²) in [5.41, 5.74) is 0.768. The van der Waals surface area contributed by atoms with Crippen LogP contribution in [0.1, 0.15) is 71.1 Å². The second-order valence-corrected chi connectivity index (χ2v) is 8.08. The van der Waals surface area contributed by atoms with Gasteiger partial charge in [0.2, 0.25) is 0 Å². The van der Waals surface area contributed by atoms with E-state index in [1.807, 2.05) is 0 Å². The van der Waals surface area contributed by atoms with E-state index in [9.17, 15) is 4.79 Å². The van der Waals surface area contributed by atoms with E-state index in [0.29, 0.717) is 5.92 Å². The molecule has 0 saturated heterocycles. The maximum atomic E-state index is 11.9. The molecule has 120 valence electrons. The first-order chi connectivity index (χ1) is 10.2. The summed E-state index contributed by atoms with van der Waals surface area (Å²) >= 11 is 0. The summed E-state index contributed by atoms with van der Waals surface area (Å²) in [7, 11) is 0. The molecule has 3 nitrogen and oxygen atoms in total. The summed E-state index contributed by atoms with van der Waals surface area (Å²) in [6.45, 7) is 4.04.